The summed E-state index contributed by atoms with van der Waals surface area (Å²) in [6, 6.07) is 9.77. The van der Waals surface area contributed by atoms with E-state index in [1.807, 2.05) is 67.9 Å². The van der Waals surface area contributed by atoms with Gasteiger partial charge in [0.15, 0.2) is 22.9 Å². The molecular weight excluding hydrogens is 304 g/mol. The molecule has 0 saturated heterocycles. The summed E-state index contributed by atoms with van der Waals surface area (Å²) in [4.78, 5) is 4.72. The second kappa shape index (κ2) is 7.25. The highest BCUT2D eigenvalue weighted by Gasteiger charge is 2.12. The molecule has 0 amide bonds. The van der Waals surface area contributed by atoms with Crippen LogP contribution in [0.3, 0.4) is 0 Å². The minimum absolute atomic E-state index is 0.586. The third kappa shape index (κ3) is 3.15. The van der Waals surface area contributed by atoms with Gasteiger partial charge in [-0.1, -0.05) is 0 Å². The molecule has 24 heavy (non-hydrogen) atoms. The third-order valence-corrected chi connectivity index (χ3v) is 3.59. The Bertz CT molecular complexity index is 827. The number of hydrogen-bond acceptors (Lipinski definition) is 4. The minimum atomic E-state index is 0.586. The van der Waals surface area contributed by atoms with E-state index in [4.69, 9.17) is 19.2 Å². The van der Waals surface area contributed by atoms with Crippen LogP contribution < -0.4 is 14.2 Å². The maximum Gasteiger partial charge on any atom is 0.180 e. The molecule has 0 bridgehead atoms. The maximum absolute atomic E-state index is 5.70. The topological polar surface area (TPSA) is 45.0 Å². The molecule has 3 rings (SSSR count). The first kappa shape index (κ1) is 16.2. The first-order valence-corrected chi connectivity index (χ1v) is 8.27. The molecule has 0 aliphatic carbocycles. The van der Waals surface area contributed by atoms with Gasteiger partial charge < -0.3 is 18.6 Å². The molecule has 0 radical (unpaired) electrons. The van der Waals surface area contributed by atoms with Crippen molar-refractivity contribution >= 4 is 5.65 Å². The van der Waals surface area contributed by atoms with Gasteiger partial charge in [-0.05, 0) is 51.1 Å². The lowest BCUT2D eigenvalue weighted by Crippen LogP contribution is -1.98. The van der Waals surface area contributed by atoms with Crippen LogP contribution in [0.5, 0.6) is 17.2 Å². The molecule has 0 aliphatic heterocycles. The van der Waals surface area contributed by atoms with Crippen LogP contribution in [0.2, 0.25) is 0 Å². The van der Waals surface area contributed by atoms with Crippen molar-refractivity contribution in [2.24, 2.45) is 0 Å². The van der Waals surface area contributed by atoms with Crippen LogP contribution in [0.15, 0.2) is 42.7 Å². The van der Waals surface area contributed by atoms with Crippen LogP contribution in [-0.2, 0) is 0 Å². The number of fused-ring (bicyclic) bond motifs is 1. The van der Waals surface area contributed by atoms with Crippen LogP contribution >= 0.6 is 0 Å². The molecule has 0 aliphatic rings. The zero-order valence-electron chi connectivity index (χ0n) is 14.3. The predicted molar refractivity (Wildman–Crippen MR) is 94.1 cm³/mol. The molecule has 1 aromatic carbocycles. The highest BCUT2D eigenvalue weighted by Crippen LogP contribution is 2.33. The molecule has 5 heteroatoms. The summed E-state index contributed by atoms with van der Waals surface area (Å²) in [5.74, 6) is 2.27. The highest BCUT2D eigenvalue weighted by atomic mass is 16.5. The van der Waals surface area contributed by atoms with Crippen LogP contribution in [-0.4, -0.2) is 29.2 Å². The fourth-order valence-electron chi connectivity index (χ4n) is 2.60. The SMILES string of the molecule is CCOc1ccc(-c2cn3cccc(OCC)c3n2)cc1OCC. The number of aromatic nitrogens is 2. The van der Waals surface area contributed by atoms with E-state index >= 15 is 0 Å². The van der Waals surface area contributed by atoms with Crippen molar-refractivity contribution in [1.82, 2.24) is 9.38 Å². The van der Waals surface area contributed by atoms with Crippen molar-refractivity contribution in [2.45, 2.75) is 20.8 Å². The number of imidazole rings is 1. The molecule has 2 heterocycles. The van der Waals surface area contributed by atoms with Gasteiger partial charge in [-0.25, -0.2) is 4.98 Å². The molecule has 0 N–H and O–H groups in total. The average Bonchev–Trinajstić information content (AvgIpc) is 3.02. The van der Waals surface area contributed by atoms with Gasteiger partial charge in [-0.3, -0.25) is 0 Å². The van der Waals surface area contributed by atoms with E-state index in [1.54, 1.807) is 0 Å². The molecule has 2 aromatic heterocycles. The summed E-state index contributed by atoms with van der Waals surface area (Å²) in [5.41, 5.74) is 2.65. The van der Waals surface area contributed by atoms with Crippen molar-refractivity contribution in [3.8, 4) is 28.5 Å². The molecule has 126 valence electrons. The lowest BCUT2D eigenvalue weighted by atomic mass is 10.1. The van der Waals surface area contributed by atoms with Crippen LogP contribution in [0, 0.1) is 0 Å². The Kier molecular flexibility index (Phi) is 4.89. The summed E-state index contributed by atoms with van der Waals surface area (Å²) >= 11 is 0. The van der Waals surface area contributed by atoms with Crippen molar-refractivity contribution < 1.29 is 14.2 Å². The quantitative estimate of drug-likeness (QED) is 0.653. The largest absolute Gasteiger partial charge is 0.490 e. The van der Waals surface area contributed by atoms with Crippen LogP contribution in [0.4, 0.5) is 0 Å². The number of pyridine rings is 1. The van der Waals surface area contributed by atoms with E-state index < -0.39 is 0 Å². The molecule has 0 unspecified atom stereocenters. The van der Waals surface area contributed by atoms with Gasteiger partial charge in [0.25, 0.3) is 0 Å². The Hall–Kier alpha value is -2.69. The standard InChI is InChI=1S/C19H22N2O3/c1-4-22-16-10-9-14(12-18(16)24-6-3)15-13-21-11-7-8-17(23-5-2)19(21)20-15/h7-13H,4-6H2,1-3H3. The third-order valence-electron chi connectivity index (χ3n) is 3.59. The first-order valence-electron chi connectivity index (χ1n) is 8.27. The Morgan fingerprint density at radius 3 is 2.33 bits per heavy atom. The molecule has 0 saturated carbocycles. The fraction of sp³-hybridized carbons (Fsp3) is 0.316. The zero-order chi connectivity index (χ0) is 16.9. The fourth-order valence-corrected chi connectivity index (χ4v) is 2.60. The Morgan fingerprint density at radius 2 is 1.58 bits per heavy atom. The van der Waals surface area contributed by atoms with Crippen molar-refractivity contribution in [3.05, 3.63) is 42.7 Å². The van der Waals surface area contributed by atoms with E-state index in [-0.39, 0.29) is 0 Å². The molecular formula is C19H22N2O3. The van der Waals surface area contributed by atoms with Crippen LogP contribution in [0.25, 0.3) is 16.9 Å². The number of nitrogens with zero attached hydrogens (tertiary/aromatic N) is 2. The number of ether oxygens (including phenoxy) is 3. The van der Waals surface area contributed by atoms with E-state index in [0.29, 0.717) is 19.8 Å². The molecule has 0 fully saturated rings. The number of rotatable bonds is 7. The summed E-state index contributed by atoms with van der Waals surface area (Å²) in [7, 11) is 0. The number of benzene rings is 1. The molecule has 0 atom stereocenters. The zero-order valence-corrected chi connectivity index (χ0v) is 14.3. The Morgan fingerprint density at radius 1 is 0.875 bits per heavy atom. The number of hydrogen-bond donors (Lipinski definition) is 0. The van der Waals surface area contributed by atoms with Gasteiger partial charge in [-0.15, -0.1) is 0 Å². The summed E-state index contributed by atoms with van der Waals surface area (Å²) in [5, 5.41) is 0. The van der Waals surface area contributed by atoms with Crippen molar-refractivity contribution in [2.75, 3.05) is 19.8 Å². The molecule has 0 spiro atoms. The van der Waals surface area contributed by atoms with Gasteiger partial charge in [0.2, 0.25) is 0 Å². The minimum Gasteiger partial charge on any atom is -0.490 e. The highest BCUT2D eigenvalue weighted by molar-refractivity contribution is 5.68. The smallest absolute Gasteiger partial charge is 0.180 e. The van der Waals surface area contributed by atoms with Gasteiger partial charge in [-0.2, -0.15) is 0 Å². The Labute approximate surface area is 141 Å². The molecule has 5 nitrogen and oxygen atoms in total. The lowest BCUT2D eigenvalue weighted by molar-refractivity contribution is 0.288. The second-order valence-electron chi connectivity index (χ2n) is 5.19. The van der Waals surface area contributed by atoms with E-state index in [9.17, 15) is 0 Å². The van der Waals surface area contributed by atoms with E-state index in [2.05, 4.69) is 0 Å². The van der Waals surface area contributed by atoms with Crippen molar-refractivity contribution in [1.29, 1.82) is 0 Å². The monoisotopic (exact) mass is 326 g/mol. The molecule has 3 aromatic rings. The first-order chi connectivity index (χ1) is 11.8. The van der Waals surface area contributed by atoms with E-state index in [1.165, 1.54) is 0 Å². The predicted octanol–water partition coefficient (Wildman–Crippen LogP) is 4.20. The van der Waals surface area contributed by atoms with Gasteiger partial charge in [0.05, 0.1) is 25.5 Å². The van der Waals surface area contributed by atoms with Gasteiger partial charge >= 0.3 is 0 Å². The summed E-state index contributed by atoms with van der Waals surface area (Å²) in [6.07, 6.45) is 3.95. The average molecular weight is 326 g/mol. The lowest BCUT2D eigenvalue weighted by Gasteiger charge is -2.11. The summed E-state index contributed by atoms with van der Waals surface area (Å²) in [6.45, 7) is 7.69. The van der Waals surface area contributed by atoms with Crippen LogP contribution in [0.1, 0.15) is 20.8 Å². The van der Waals surface area contributed by atoms with Crippen molar-refractivity contribution in [3.63, 3.8) is 0 Å². The summed E-state index contributed by atoms with van der Waals surface area (Å²) < 4.78 is 18.9. The second-order valence-corrected chi connectivity index (χ2v) is 5.19. The van der Waals surface area contributed by atoms with E-state index in [0.717, 1.165) is 34.2 Å². The van der Waals surface area contributed by atoms with Gasteiger partial charge in [0.1, 0.15) is 0 Å². The van der Waals surface area contributed by atoms with Gasteiger partial charge in [0, 0.05) is 18.0 Å². The Balaban J connectivity index is 2.03. The maximum atomic E-state index is 5.70. The normalized spacial score (nSPS) is 10.8.